The zero-order valence-corrected chi connectivity index (χ0v) is 10.3. The smallest absolute Gasteiger partial charge is 0.271 e. The Hall–Kier alpha value is 0.440. The van der Waals surface area contributed by atoms with E-state index >= 15 is 0 Å². The molecule has 2 atom stereocenters. The van der Waals surface area contributed by atoms with E-state index in [2.05, 4.69) is 6.92 Å². The molecule has 0 spiro atoms. The standard InChI is InChI=1S/C9H19ClNO2P/c1-2-9-5-3-4-7-11(9)14(12,13)8-6-10/h9H,2-8H2,1H3,(H,12,13). The van der Waals surface area contributed by atoms with Gasteiger partial charge in [0.1, 0.15) is 0 Å². The van der Waals surface area contributed by atoms with Gasteiger partial charge in [-0.2, -0.15) is 0 Å². The average Bonchev–Trinajstić information content (AvgIpc) is 2.18. The molecule has 1 aliphatic heterocycles. The van der Waals surface area contributed by atoms with Crippen molar-refractivity contribution >= 4 is 19.1 Å². The first-order chi connectivity index (χ1) is 6.61. The largest absolute Gasteiger partial charge is 0.333 e. The summed E-state index contributed by atoms with van der Waals surface area (Å²) in [6, 6.07) is 0.280. The first-order valence-electron chi connectivity index (χ1n) is 5.26. The summed E-state index contributed by atoms with van der Waals surface area (Å²) < 4.78 is 13.7. The number of hydrogen-bond acceptors (Lipinski definition) is 1. The number of nitrogens with zero attached hydrogens (tertiary/aromatic N) is 1. The predicted molar refractivity (Wildman–Crippen MR) is 60.0 cm³/mol. The van der Waals surface area contributed by atoms with E-state index < -0.39 is 7.52 Å². The Bertz CT molecular complexity index is 225. The van der Waals surface area contributed by atoms with Crippen LogP contribution in [-0.4, -0.2) is 34.2 Å². The van der Waals surface area contributed by atoms with Crippen LogP contribution in [0.3, 0.4) is 0 Å². The molecule has 1 fully saturated rings. The van der Waals surface area contributed by atoms with Gasteiger partial charge in [-0.3, -0.25) is 4.57 Å². The lowest BCUT2D eigenvalue weighted by atomic mass is 10.0. The van der Waals surface area contributed by atoms with Crippen LogP contribution in [0, 0.1) is 0 Å². The summed E-state index contributed by atoms with van der Waals surface area (Å²) in [6.07, 6.45) is 4.42. The number of alkyl halides is 1. The Balaban J connectivity index is 2.67. The van der Waals surface area contributed by atoms with E-state index in [0.29, 0.717) is 0 Å². The van der Waals surface area contributed by atoms with Crippen LogP contribution < -0.4 is 0 Å². The van der Waals surface area contributed by atoms with E-state index in [1.807, 2.05) is 0 Å². The number of rotatable bonds is 4. The van der Waals surface area contributed by atoms with E-state index in [1.54, 1.807) is 4.67 Å². The molecule has 3 nitrogen and oxygen atoms in total. The summed E-state index contributed by atoms with van der Waals surface area (Å²) >= 11 is 5.54. The highest BCUT2D eigenvalue weighted by Crippen LogP contribution is 2.49. The van der Waals surface area contributed by atoms with Gasteiger partial charge in [-0.25, -0.2) is 4.67 Å². The van der Waals surface area contributed by atoms with Crippen molar-refractivity contribution in [1.82, 2.24) is 4.67 Å². The molecule has 0 aromatic carbocycles. The fraction of sp³-hybridized carbons (Fsp3) is 1.00. The van der Waals surface area contributed by atoms with Crippen LogP contribution in [0.2, 0.25) is 0 Å². The number of hydrogen-bond donors (Lipinski definition) is 1. The highest BCUT2D eigenvalue weighted by Gasteiger charge is 2.34. The van der Waals surface area contributed by atoms with E-state index in [-0.39, 0.29) is 18.1 Å². The van der Waals surface area contributed by atoms with Crippen molar-refractivity contribution in [2.45, 2.75) is 38.6 Å². The maximum atomic E-state index is 11.9. The third-order valence-electron chi connectivity index (χ3n) is 2.84. The van der Waals surface area contributed by atoms with Crippen molar-refractivity contribution in [3.8, 4) is 0 Å². The highest BCUT2D eigenvalue weighted by molar-refractivity contribution is 7.55. The molecule has 1 rings (SSSR count). The third-order valence-corrected chi connectivity index (χ3v) is 5.43. The molecule has 0 saturated carbocycles. The maximum absolute atomic E-state index is 11.9. The van der Waals surface area contributed by atoms with Crippen molar-refractivity contribution in [2.24, 2.45) is 0 Å². The van der Waals surface area contributed by atoms with E-state index in [1.165, 1.54) is 6.42 Å². The molecule has 0 aliphatic carbocycles. The molecule has 5 heteroatoms. The van der Waals surface area contributed by atoms with Gasteiger partial charge in [0.2, 0.25) is 0 Å². The minimum Gasteiger partial charge on any atom is -0.333 e. The Morgan fingerprint density at radius 1 is 1.57 bits per heavy atom. The van der Waals surface area contributed by atoms with Crippen LogP contribution in [0.4, 0.5) is 0 Å². The molecular weight excluding hydrogens is 221 g/mol. The van der Waals surface area contributed by atoms with Crippen molar-refractivity contribution in [2.75, 3.05) is 18.6 Å². The topological polar surface area (TPSA) is 40.5 Å². The monoisotopic (exact) mass is 239 g/mol. The predicted octanol–water partition coefficient (Wildman–Crippen LogP) is 2.68. The van der Waals surface area contributed by atoms with Gasteiger partial charge in [-0.1, -0.05) is 13.3 Å². The number of piperidine rings is 1. The fourth-order valence-corrected chi connectivity index (χ4v) is 4.43. The second-order valence-electron chi connectivity index (χ2n) is 3.80. The van der Waals surface area contributed by atoms with Crippen LogP contribution in [0.25, 0.3) is 0 Å². The molecule has 1 heterocycles. The molecular formula is C9H19ClNO2P. The molecule has 84 valence electrons. The average molecular weight is 240 g/mol. The minimum atomic E-state index is -3.14. The van der Waals surface area contributed by atoms with Gasteiger partial charge in [0.05, 0.1) is 6.16 Å². The normalized spacial score (nSPS) is 28.6. The first-order valence-corrected chi connectivity index (χ1v) is 7.60. The van der Waals surface area contributed by atoms with Crippen LogP contribution in [-0.2, 0) is 4.57 Å². The van der Waals surface area contributed by atoms with E-state index in [0.717, 1.165) is 25.8 Å². The van der Waals surface area contributed by atoms with Gasteiger partial charge >= 0.3 is 0 Å². The molecule has 1 saturated heterocycles. The van der Waals surface area contributed by atoms with Gasteiger partial charge in [0, 0.05) is 18.5 Å². The van der Waals surface area contributed by atoms with Crippen molar-refractivity contribution < 1.29 is 9.46 Å². The SMILES string of the molecule is CCC1CCCCN1P(=O)(O)CCCl. The Morgan fingerprint density at radius 3 is 2.86 bits per heavy atom. The Labute approximate surface area is 90.9 Å². The quantitative estimate of drug-likeness (QED) is 0.606. The van der Waals surface area contributed by atoms with Crippen LogP contribution >= 0.6 is 19.1 Å². The highest BCUT2D eigenvalue weighted by atomic mass is 35.5. The van der Waals surface area contributed by atoms with E-state index in [4.69, 9.17) is 11.6 Å². The fourth-order valence-electron chi connectivity index (χ4n) is 2.05. The van der Waals surface area contributed by atoms with Crippen molar-refractivity contribution in [3.63, 3.8) is 0 Å². The lowest BCUT2D eigenvalue weighted by Crippen LogP contribution is -2.37. The molecule has 2 unspecified atom stereocenters. The summed E-state index contributed by atoms with van der Waals surface area (Å²) in [5, 5.41) is 0. The summed E-state index contributed by atoms with van der Waals surface area (Å²) in [7, 11) is -3.14. The molecule has 14 heavy (non-hydrogen) atoms. The third kappa shape index (κ3) is 2.96. The summed E-state index contributed by atoms with van der Waals surface area (Å²) in [5.41, 5.74) is 0. The summed E-state index contributed by atoms with van der Waals surface area (Å²) in [4.78, 5) is 9.84. The van der Waals surface area contributed by atoms with Crippen LogP contribution in [0.5, 0.6) is 0 Å². The first kappa shape index (κ1) is 12.5. The molecule has 0 bridgehead atoms. The zero-order valence-electron chi connectivity index (χ0n) is 8.65. The Kier molecular flexibility index (Phi) is 4.92. The second-order valence-corrected chi connectivity index (χ2v) is 6.47. The molecule has 0 amide bonds. The lowest BCUT2D eigenvalue weighted by molar-refractivity contribution is 0.220. The Morgan fingerprint density at radius 2 is 2.29 bits per heavy atom. The number of halogens is 1. The second kappa shape index (κ2) is 5.50. The van der Waals surface area contributed by atoms with Gasteiger partial charge < -0.3 is 4.89 Å². The molecule has 0 radical (unpaired) electrons. The van der Waals surface area contributed by atoms with Gasteiger partial charge in [0.25, 0.3) is 7.52 Å². The summed E-state index contributed by atoms with van der Waals surface area (Å²) in [5.74, 6) is 0.265. The van der Waals surface area contributed by atoms with Gasteiger partial charge in [0.15, 0.2) is 0 Å². The molecule has 1 aliphatic rings. The van der Waals surface area contributed by atoms with Crippen LogP contribution in [0.15, 0.2) is 0 Å². The molecule has 0 aromatic heterocycles. The minimum absolute atomic E-state index is 0.213. The van der Waals surface area contributed by atoms with Crippen molar-refractivity contribution in [3.05, 3.63) is 0 Å². The maximum Gasteiger partial charge on any atom is 0.271 e. The van der Waals surface area contributed by atoms with Gasteiger partial charge in [-0.05, 0) is 19.3 Å². The lowest BCUT2D eigenvalue weighted by Gasteiger charge is -2.37. The van der Waals surface area contributed by atoms with Gasteiger partial charge in [-0.15, -0.1) is 11.6 Å². The summed E-state index contributed by atoms with van der Waals surface area (Å²) in [6.45, 7) is 2.83. The van der Waals surface area contributed by atoms with E-state index in [9.17, 15) is 9.46 Å². The molecule has 1 N–H and O–H groups in total. The molecule has 0 aromatic rings. The van der Waals surface area contributed by atoms with Crippen molar-refractivity contribution in [1.29, 1.82) is 0 Å². The zero-order chi connectivity index (χ0) is 10.6. The van der Waals surface area contributed by atoms with Crippen LogP contribution in [0.1, 0.15) is 32.6 Å².